The highest BCUT2D eigenvalue weighted by Gasteiger charge is 2.31. The summed E-state index contributed by atoms with van der Waals surface area (Å²) in [5, 5.41) is 0. The van der Waals surface area contributed by atoms with Crippen molar-refractivity contribution < 1.29 is 0 Å². The van der Waals surface area contributed by atoms with Gasteiger partial charge in [0, 0.05) is 5.92 Å². The lowest BCUT2D eigenvalue weighted by atomic mass is 9.75. The molecule has 0 aliphatic rings. The normalized spacial score (nSPS) is 14.0. The van der Waals surface area contributed by atoms with Gasteiger partial charge < -0.3 is 22.9 Å². The minimum absolute atomic E-state index is 0.175. The largest absolute Gasteiger partial charge is 0.330 e. The maximum Gasteiger partial charge on any atom is 0.118 e. The second-order valence-electron chi connectivity index (χ2n) is 8.93. The standard InChI is InChI=1S/C21H48N4/c1-4-5-6-7-8-9-10-11-12-13-15-19(21(23,24)25)18-20(2,3)16-14-17-22/h19H,4-18,22-25H2,1-3H3. The van der Waals surface area contributed by atoms with E-state index in [1.165, 1.54) is 64.2 Å². The Balaban J connectivity index is 3.94. The first-order valence-corrected chi connectivity index (χ1v) is 10.8. The average Bonchev–Trinajstić information content (AvgIpc) is 2.52. The summed E-state index contributed by atoms with van der Waals surface area (Å²) in [7, 11) is 0. The van der Waals surface area contributed by atoms with E-state index in [0.29, 0.717) is 0 Å². The fourth-order valence-electron chi connectivity index (χ4n) is 3.76. The third-order valence-corrected chi connectivity index (χ3v) is 5.47. The molecule has 0 spiro atoms. The second-order valence-corrected chi connectivity index (χ2v) is 8.93. The molecule has 152 valence electrons. The molecule has 0 fully saturated rings. The van der Waals surface area contributed by atoms with E-state index in [2.05, 4.69) is 20.8 Å². The van der Waals surface area contributed by atoms with Crippen LogP contribution in [0.4, 0.5) is 0 Å². The quantitative estimate of drug-likeness (QED) is 0.226. The van der Waals surface area contributed by atoms with Crippen LogP contribution >= 0.6 is 0 Å². The molecule has 0 saturated carbocycles. The first-order chi connectivity index (χ1) is 11.7. The Morgan fingerprint density at radius 1 is 0.720 bits per heavy atom. The zero-order valence-electron chi connectivity index (χ0n) is 17.5. The molecule has 1 atom stereocenters. The third kappa shape index (κ3) is 14.7. The lowest BCUT2D eigenvalue weighted by Gasteiger charge is -2.36. The van der Waals surface area contributed by atoms with Crippen LogP contribution in [0.1, 0.15) is 111 Å². The van der Waals surface area contributed by atoms with Gasteiger partial charge in [-0.05, 0) is 37.6 Å². The van der Waals surface area contributed by atoms with Crippen LogP contribution in [-0.4, -0.2) is 12.3 Å². The summed E-state index contributed by atoms with van der Waals surface area (Å²) in [6.45, 7) is 7.57. The predicted molar refractivity (Wildman–Crippen MR) is 112 cm³/mol. The minimum atomic E-state index is -1.07. The molecule has 25 heavy (non-hydrogen) atoms. The summed E-state index contributed by atoms with van der Waals surface area (Å²) in [5.41, 5.74) is 24.1. The maximum absolute atomic E-state index is 6.07. The van der Waals surface area contributed by atoms with Crippen LogP contribution in [0.5, 0.6) is 0 Å². The van der Waals surface area contributed by atoms with Crippen molar-refractivity contribution in [3.05, 3.63) is 0 Å². The predicted octanol–water partition coefficient (Wildman–Crippen LogP) is 4.60. The van der Waals surface area contributed by atoms with E-state index in [0.717, 1.165) is 32.2 Å². The van der Waals surface area contributed by atoms with Crippen LogP contribution in [0.3, 0.4) is 0 Å². The van der Waals surface area contributed by atoms with E-state index in [1.54, 1.807) is 0 Å². The molecule has 4 nitrogen and oxygen atoms in total. The fraction of sp³-hybridized carbons (Fsp3) is 1.00. The van der Waals surface area contributed by atoms with Crippen molar-refractivity contribution in [2.45, 2.75) is 116 Å². The van der Waals surface area contributed by atoms with E-state index in [-0.39, 0.29) is 11.3 Å². The van der Waals surface area contributed by atoms with Crippen LogP contribution in [0.25, 0.3) is 0 Å². The molecule has 0 aromatic carbocycles. The van der Waals surface area contributed by atoms with Crippen molar-refractivity contribution in [3.8, 4) is 0 Å². The molecule has 0 saturated heterocycles. The molecule has 0 amide bonds. The molecule has 1 unspecified atom stereocenters. The van der Waals surface area contributed by atoms with Gasteiger partial charge in [-0.2, -0.15) is 0 Å². The van der Waals surface area contributed by atoms with Gasteiger partial charge in [-0.3, -0.25) is 0 Å². The second kappa shape index (κ2) is 14.0. The summed E-state index contributed by atoms with van der Waals surface area (Å²) in [4.78, 5) is 0. The molecule has 4 heteroatoms. The first-order valence-electron chi connectivity index (χ1n) is 10.8. The zero-order valence-corrected chi connectivity index (χ0v) is 17.5. The van der Waals surface area contributed by atoms with Gasteiger partial charge in [0.2, 0.25) is 0 Å². The van der Waals surface area contributed by atoms with Crippen molar-refractivity contribution in [1.82, 2.24) is 0 Å². The highest BCUT2D eigenvalue weighted by Crippen LogP contribution is 2.34. The summed E-state index contributed by atoms with van der Waals surface area (Å²) in [6, 6.07) is 0. The van der Waals surface area contributed by atoms with E-state index in [9.17, 15) is 0 Å². The fourth-order valence-corrected chi connectivity index (χ4v) is 3.76. The molecular formula is C21H48N4. The maximum atomic E-state index is 6.07. The lowest BCUT2D eigenvalue weighted by Crippen LogP contribution is -2.63. The van der Waals surface area contributed by atoms with E-state index in [1.807, 2.05) is 0 Å². The van der Waals surface area contributed by atoms with Gasteiger partial charge in [0.15, 0.2) is 0 Å². The van der Waals surface area contributed by atoms with Crippen LogP contribution in [0.15, 0.2) is 0 Å². The van der Waals surface area contributed by atoms with Gasteiger partial charge in [0.05, 0.1) is 0 Å². The molecular weight excluding hydrogens is 308 g/mol. The Bertz CT molecular complexity index is 297. The topological polar surface area (TPSA) is 104 Å². The van der Waals surface area contributed by atoms with Gasteiger partial charge in [0.1, 0.15) is 5.79 Å². The Morgan fingerprint density at radius 2 is 1.20 bits per heavy atom. The summed E-state index contributed by atoms with van der Waals surface area (Å²) in [6.07, 6.45) is 17.6. The average molecular weight is 357 g/mol. The van der Waals surface area contributed by atoms with E-state index < -0.39 is 5.79 Å². The van der Waals surface area contributed by atoms with Crippen molar-refractivity contribution in [2.75, 3.05) is 6.54 Å². The van der Waals surface area contributed by atoms with E-state index >= 15 is 0 Å². The van der Waals surface area contributed by atoms with Gasteiger partial charge in [-0.25, -0.2) is 0 Å². The van der Waals surface area contributed by atoms with Gasteiger partial charge >= 0.3 is 0 Å². The zero-order chi connectivity index (χ0) is 19.2. The number of unbranched alkanes of at least 4 members (excludes halogenated alkanes) is 9. The number of nitrogens with two attached hydrogens (primary N) is 4. The monoisotopic (exact) mass is 356 g/mol. The molecule has 0 radical (unpaired) electrons. The Kier molecular flexibility index (Phi) is 13.9. The van der Waals surface area contributed by atoms with Gasteiger partial charge in [-0.15, -0.1) is 0 Å². The Labute approximate surface area is 157 Å². The Hall–Kier alpha value is -0.160. The van der Waals surface area contributed by atoms with Crippen LogP contribution < -0.4 is 22.9 Å². The van der Waals surface area contributed by atoms with Crippen LogP contribution in [-0.2, 0) is 0 Å². The van der Waals surface area contributed by atoms with Gasteiger partial charge in [0.25, 0.3) is 0 Å². The lowest BCUT2D eigenvalue weighted by molar-refractivity contribution is 0.161. The van der Waals surface area contributed by atoms with Gasteiger partial charge in [-0.1, -0.05) is 85.0 Å². The smallest absolute Gasteiger partial charge is 0.118 e. The number of hydrogen-bond donors (Lipinski definition) is 4. The SMILES string of the molecule is CCCCCCCCCCCCC(CC(C)(C)CCCN)C(N)(N)N. The number of rotatable bonds is 17. The molecule has 0 aromatic heterocycles. The molecule has 0 rings (SSSR count). The molecule has 0 heterocycles. The third-order valence-electron chi connectivity index (χ3n) is 5.47. The highest BCUT2D eigenvalue weighted by molar-refractivity contribution is 4.84. The van der Waals surface area contributed by atoms with E-state index in [4.69, 9.17) is 22.9 Å². The Morgan fingerprint density at radius 3 is 1.64 bits per heavy atom. The summed E-state index contributed by atoms with van der Waals surface area (Å²) < 4.78 is 0. The van der Waals surface area contributed by atoms with Crippen molar-refractivity contribution in [2.24, 2.45) is 34.3 Å². The van der Waals surface area contributed by atoms with Crippen molar-refractivity contribution in [1.29, 1.82) is 0 Å². The minimum Gasteiger partial charge on any atom is -0.330 e. The highest BCUT2D eigenvalue weighted by atomic mass is 15.1. The molecule has 0 aliphatic carbocycles. The molecule has 0 aromatic rings. The van der Waals surface area contributed by atoms with Crippen LogP contribution in [0.2, 0.25) is 0 Å². The molecule has 8 N–H and O–H groups in total. The number of hydrogen-bond acceptors (Lipinski definition) is 4. The molecule has 0 bridgehead atoms. The van der Waals surface area contributed by atoms with Crippen molar-refractivity contribution >= 4 is 0 Å². The molecule has 0 aliphatic heterocycles. The van der Waals surface area contributed by atoms with Crippen molar-refractivity contribution in [3.63, 3.8) is 0 Å². The summed E-state index contributed by atoms with van der Waals surface area (Å²) >= 11 is 0. The summed E-state index contributed by atoms with van der Waals surface area (Å²) in [5.74, 6) is -0.895. The van der Waals surface area contributed by atoms with Crippen LogP contribution in [0, 0.1) is 11.3 Å². The first kappa shape index (κ1) is 24.8.